The zero-order valence-electron chi connectivity index (χ0n) is 9.20. The Morgan fingerprint density at radius 1 is 1.50 bits per heavy atom. The van der Waals surface area contributed by atoms with Crippen LogP contribution in [0.15, 0.2) is 18.2 Å². The van der Waals surface area contributed by atoms with Crippen molar-refractivity contribution in [3.05, 3.63) is 34.9 Å². The Morgan fingerprint density at radius 3 is 2.88 bits per heavy atom. The zero-order valence-corrected chi connectivity index (χ0v) is 9.20. The first-order valence-corrected chi connectivity index (χ1v) is 4.74. The van der Waals surface area contributed by atoms with Crippen LogP contribution in [0.2, 0.25) is 0 Å². The SMILES string of the molecule is COC(=O)c1ccc(C)c(C#CCC#N)c1. The summed E-state index contributed by atoms with van der Waals surface area (Å²) in [6.45, 7) is 1.90. The Bertz CT molecular complexity index is 501. The molecule has 16 heavy (non-hydrogen) atoms. The highest BCUT2D eigenvalue weighted by Gasteiger charge is 2.06. The molecule has 0 radical (unpaired) electrons. The Kier molecular flexibility index (Phi) is 4.12. The van der Waals surface area contributed by atoms with E-state index in [1.54, 1.807) is 12.1 Å². The van der Waals surface area contributed by atoms with Crippen molar-refractivity contribution in [3.8, 4) is 17.9 Å². The van der Waals surface area contributed by atoms with Crippen molar-refractivity contribution < 1.29 is 9.53 Å². The maximum atomic E-state index is 11.3. The Hall–Kier alpha value is -2.26. The third-order valence-electron chi connectivity index (χ3n) is 2.05. The number of hydrogen-bond acceptors (Lipinski definition) is 3. The molecule has 1 aromatic rings. The van der Waals surface area contributed by atoms with Crippen molar-refractivity contribution in [1.82, 2.24) is 0 Å². The second kappa shape index (κ2) is 5.58. The van der Waals surface area contributed by atoms with E-state index in [-0.39, 0.29) is 12.4 Å². The van der Waals surface area contributed by atoms with Gasteiger partial charge in [0.1, 0.15) is 0 Å². The number of carbonyl (C=O) groups excluding carboxylic acids is 1. The van der Waals surface area contributed by atoms with Crippen LogP contribution in [0.1, 0.15) is 27.9 Å². The fraction of sp³-hybridized carbons (Fsp3) is 0.231. The molecule has 1 rings (SSSR count). The van der Waals surface area contributed by atoms with Gasteiger partial charge in [-0.1, -0.05) is 17.9 Å². The molecule has 0 unspecified atom stereocenters. The first kappa shape index (κ1) is 11.8. The lowest BCUT2D eigenvalue weighted by Crippen LogP contribution is -2.01. The lowest BCUT2D eigenvalue weighted by atomic mass is 10.1. The summed E-state index contributed by atoms with van der Waals surface area (Å²) < 4.78 is 4.62. The summed E-state index contributed by atoms with van der Waals surface area (Å²) in [6.07, 6.45) is 0.182. The minimum absolute atomic E-state index is 0.182. The minimum atomic E-state index is -0.386. The standard InChI is InChI=1S/C13H11NO2/c1-10-6-7-12(13(15)16-2)9-11(10)5-3-4-8-14/h6-7,9H,4H2,1-2H3. The number of nitriles is 1. The minimum Gasteiger partial charge on any atom is -0.465 e. The van der Waals surface area contributed by atoms with E-state index in [1.165, 1.54) is 7.11 Å². The lowest BCUT2D eigenvalue weighted by Gasteiger charge is -2.02. The highest BCUT2D eigenvalue weighted by atomic mass is 16.5. The highest BCUT2D eigenvalue weighted by Crippen LogP contribution is 2.11. The predicted molar refractivity (Wildman–Crippen MR) is 59.6 cm³/mol. The molecule has 0 N–H and O–H groups in total. The van der Waals surface area contributed by atoms with Crippen LogP contribution in [0, 0.1) is 30.1 Å². The van der Waals surface area contributed by atoms with Gasteiger partial charge < -0.3 is 4.74 Å². The number of esters is 1. The Balaban J connectivity index is 3.06. The van der Waals surface area contributed by atoms with Crippen LogP contribution in [0.3, 0.4) is 0 Å². The van der Waals surface area contributed by atoms with Gasteiger partial charge >= 0.3 is 5.97 Å². The number of aryl methyl sites for hydroxylation is 1. The van der Waals surface area contributed by atoms with Gasteiger partial charge in [0, 0.05) is 5.56 Å². The van der Waals surface area contributed by atoms with Crippen LogP contribution < -0.4 is 0 Å². The molecule has 0 aliphatic heterocycles. The van der Waals surface area contributed by atoms with Gasteiger partial charge in [-0.25, -0.2) is 4.79 Å². The molecular weight excluding hydrogens is 202 g/mol. The van der Waals surface area contributed by atoms with Crippen molar-refractivity contribution in [2.45, 2.75) is 13.3 Å². The first-order valence-electron chi connectivity index (χ1n) is 4.74. The van der Waals surface area contributed by atoms with Crippen molar-refractivity contribution in [2.24, 2.45) is 0 Å². The van der Waals surface area contributed by atoms with Crippen LogP contribution in [-0.4, -0.2) is 13.1 Å². The van der Waals surface area contributed by atoms with Crippen molar-refractivity contribution in [3.63, 3.8) is 0 Å². The Morgan fingerprint density at radius 2 is 2.25 bits per heavy atom. The Labute approximate surface area is 94.7 Å². The van der Waals surface area contributed by atoms with Gasteiger partial charge in [0.25, 0.3) is 0 Å². The molecule has 0 saturated carbocycles. The molecule has 0 atom stereocenters. The summed E-state index contributed by atoms with van der Waals surface area (Å²) in [5, 5.41) is 8.37. The smallest absolute Gasteiger partial charge is 0.337 e. The second-order valence-electron chi connectivity index (χ2n) is 3.16. The molecule has 1 aromatic carbocycles. The summed E-state index contributed by atoms with van der Waals surface area (Å²) in [7, 11) is 1.34. The van der Waals surface area contributed by atoms with Gasteiger partial charge in [-0.05, 0) is 24.6 Å². The number of hydrogen-bond donors (Lipinski definition) is 0. The summed E-state index contributed by atoms with van der Waals surface area (Å²) in [6, 6.07) is 7.11. The molecule has 0 fully saturated rings. The summed E-state index contributed by atoms with van der Waals surface area (Å²) >= 11 is 0. The van der Waals surface area contributed by atoms with Crippen LogP contribution in [0.25, 0.3) is 0 Å². The topological polar surface area (TPSA) is 50.1 Å². The second-order valence-corrected chi connectivity index (χ2v) is 3.16. The van der Waals surface area contributed by atoms with Gasteiger partial charge in [0.05, 0.1) is 25.2 Å². The van der Waals surface area contributed by atoms with Gasteiger partial charge in [-0.2, -0.15) is 5.26 Å². The average molecular weight is 213 g/mol. The molecule has 0 bridgehead atoms. The predicted octanol–water partition coefficient (Wildman–Crippen LogP) is 2.05. The van der Waals surface area contributed by atoms with E-state index in [4.69, 9.17) is 5.26 Å². The number of rotatable bonds is 1. The highest BCUT2D eigenvalue weighted by molar-refractivity contribution is 5.89. The summed E-state index contributed by atoms with van der Waals surface area (Å²) in [5.41, 5.74) is 2.19. The fourth-order valence-electron chi connectivity index (χ4n) is 1.18. The van der Waals surface area contributed by atoms with E-state index in [0.29, 0.717) is 5.56 Å². The molecule has 0 aliphatic rings. The van der Waals surface area contributed by atoms with E-state index in [0.717, 1.165) is 11.1 Å². The average Bonchev–Trinajstić information content (AvgIpc) is 2.31. The van der Waals surface area contributed by atoms with Crippen LogP contribution >= 0.6 is 0 Å². The molecule has 80 valence electrons. The van der Waals surface area contributed by atoms with Crippen LogP contribution in [0.5, 0.6) is 0 Å². The molecule has 3 nitrogen and oxygen atoms in total. The molecule has 3 heteroatoms. The maximum Gasteiger partial charge on any atom is 0.337 e. The molecule has 0 amide bonds. The molecule has 0 heterocycles. The van der Waals surface area contributed by atoms with Crippen molar-refractivity contribution >= 4 is 5.97 Å². The number of methoxy groups -OCH3 is 1. The number of nitrogens with zero attached hydrogens (tertiary/aromatic N) is 1. The molecule has 0 saturated heterocycles. The normalized spacial score (nSPS) is 8.56. The van der Waals surface area contributed by atoms with Crippen molar-refractivity contribution in [1.29, 1.82) is 5.26 Å². The fourth-order valence-corrected chi connectivity index (χ4v) is 1.18. The third kappa shape index (κ3) is 2.87. The van der Waals surface area contributed by atoms with Crippen LogP contribution in [0.4, 0.5) is 0 Å². The van der Waals surface area contributed by atoms with Gasteiger partial charge in [-0.3, -0.25) is 0 Å². The monoisotopic (exact) mass is 213 g/mol. The van der Waals surface area contributed by atoms with E-state index in [9.17, 15) is 4.79 Å². The summed E-state index contributed by atoms with van der Waals surface area (Å²) in [4.78, 5) is 11.3. The molecule has 0 aliphatic carbocycles. The van der Waals surface area contributed by atoms with Crippen LogP contribution in [-0.2, 0) is 4.74 Å². The van der Waals surface area contributed by atoms with E-state index >= 15 is 0 Å². The molecule has 0 spiro atoms. The number of ether oxygens (including phenoxy) is 1. The van der Waals surface area contributed by atoms with Gasteiger partial charge in [0.15, 0.2) is 0 Å². The van der Waals surface area contributed by atoms with E-state index in [2.05, 4.69) is 16.6 Å². The summed E-state index contributed by atoms with van der Waals surface area (Å²) in [5.74, 6) is 5.18. The molecule has 0 aromatic heterocycles. The number of carbonyl (C=O) groups is 1. The first-order chi connectivity index (χ1) is 7.69. The largest absolute Gasteiger partial charge is 0.465 e. The van der Waals surface area contributed by atoms with Gasteiger partial charge in [-0.15, -0.1) is 0 Å². The quantitative estimate of drug-likeness (QED) is 0.530. The zero-order chi connectivity index (χ0) is 12.0. The maximum absolute atomic E-state index is 11.3. The lowest BCUT2D eigenvalue weighted by molar-refractivity contribution is 0.0600. The molecular formula is C13H11NO2. The van der Waals surface area contributed by atoms with Crippen molar-refractivity contribution in [2.75, 3.05) is 7.11 Å². The van der Waals surface area contributed by atoms with E-state index < -0.39 is 0 Å². The third-order valence-corrected chi connectivity index (χ3v) is 2.05. The van der Waals surface area contributed by atoms with E-state index in [1.807, 2.05) is 19.1 Å². The number of benzene rings is 1. The van der Waals surface area contributed by atoms with Gasteiger partial charge in [0.2, 0.25) is 0 Å².